The van der Waals surface area contributed by atoms with Crippen molar-refractivity contribution in [2.45, 2.75) is 26.6 Å². The van der Waals surface area contributed by atoms with Crippen LogP contribution < -0.4 is 0 Å². The first-order chi connectivity index (χ1) is 5.20. The fourth-order valence-corrected chi connectivity index (χ4v) is 0. The summed E-state index contributed by atoms with van der Waals surface area (Å²) in [6.45, 7) is 15.1. The highest BCUT2D eigenvalue weighted by molar-refractivity contribution is 6.80. The number of rotatable bonds is 2. The van der Waals surface area contributed by atoms with Gasteiger partial charge in [-0.25, -0.2) is 4.79 Å². The van der Waals surface area contributed by atoms with E-state index in [9.17, 15) is 4.79 Å². The first kappa shape index (κ1) is 13.7. The smallest absolute Gasteiger partial charge is 0.330 e. The van der Waals surface area contributed by atoms with Crippen molar-refractivity contribution < 1.29 is 9.90 Å². The second-order valence-corrected chi connectivity index (χ2v) is 8.80. The van der Waals surface area contributed by atoms with E-state index in [1.807, 2.05) is 0 Å². The lowest BCUT2D eigenvalue weighted by Gasteiger charge is -2.04. The largest absolute Gasteiger partial charge is 0.478 e. The van der Waals surface area contributed by atoms with E-state index in [1.165, 1.54) is 6.92 Å². The van der Waals surface area contributed by atoms with Crippen LogP contribution in [0.3, 0.4) is 0 Å². The normalized spacial score (nSPS) is 9.33. The van der Waals surface area contributed by atoms with Gasteiger partial charge in [0.05, 0.1) is 8.07 Å². The van der Waals surface area contributed by atoms with Gasteiger partial charge in [-0.2, -0.15) is 0 Å². The van der Waals surface area contributed by atoms with Gasteiger partial charge in [-0.1, -0.05) is 26.2 Å². The molecule has 70 valence electrons. The summed E-state index contributed by atoms with van der Waals surface area (Å²) in [5.41, 5.74) is 2.25. The van der Waals surface area contributed by atoms with Gasteiger partial charge in [0.25, 0.3) is 0 Å². The standard InChI is InChI=1S/C5H12Si.C4H6O2/c1-5-6(2,3)4;1-3(2)4(5)6/h5H,1H2,2-4H3;1H2,2H3,(H,5,6). The van der Waals surface area contributed by atoms with E-state index in [1.54, 1.807) is 0 Å². The van der Waals surface area contributed by atoms with Crippen LogP contribution in [0.5, 0.6) is 0 Å². The number of carboxylic acids is 1. The first-order valence-corrected chi connectivity index (χ1v) is 7.31. The maximum absolute atomic E-state index is 9.60. The van der Waals surface area contributed by atoms with E-state index >= 15 is 0 Å². The van der Waals surface area contributed by atoms with Crippen LogP contribution in [0.15, 0.2) is 24.4 Å². The molecule has 0 aromatic rings. The molecule has 0 fully saturated rings. The maximum atomic E-state index is 9.60. The zero-order valence-corrected chi connectivity index (χ0v) is 9.35. The Morgan fingerprint density at radius 3 is 1.58 bits per heavy atom. The highest BCUT2D eigenvalue weighted by Gasteiger charge is 2.03. The molecule has 0 aliphatic heterocycles. The molecule has 2 nitrogen and oxygen atoms in total. The van der Waals surface area contributed by atoms with Gasteiger partial charge >= 0.3 is 5.97 Å². The molecule has 0 saturated carbocycles. The van der Waals surface area contributed by atoms with Crippen LogP contribution in [0.25, 0.3) is 0 Å². The third kappa shape index (κ3) is 16.1. The van der Waals surface area contributed by atoms with Crippen LogP contribution in [-0.2, 0) is 4.79 Å². The molecule has 3 heteroatoms. The van der Waals surface area contributed by atoms with Crippen LogP contribution >= 0.6 is 0 Å². The van der Waals surface area contributed by atoms with Crippen molar-refractivity contribution in [3.05, 3.63) is 24.4 Å². The Kier molecular flexibility index (Phi) is 6.61. The average Bonchev–Trinajstić information content (AvgIpc) is 1.87. The van der Waals surface area contributed by atoms with E-state index in [0.29, 0.717) is 0 Å². The molecule has 0 aliphatic rings. The van der Waals surface area contributed by atoms with E-state index in [4.69, 9.17) is 5.11 Å². The second-order valence-electron chi connectivity index (χ2n) is 3.66. The van der Waals surface area contributed by atoms with Gasteiger partial charge in [0.1, 0.15) is 0 Å². The Bertz CT molecular complexity index is 165. The van der Waals surface area contributed by atoms with E-state index in [-0.39, 0.29) is 5.57 Å². The highest BCUT2D eigenvalue weighted by Crippen LogP contribution is 1.98. The van der Waals surface area contributed by atoms with Crippen molar-refractivity contribution >= 4 is 14.0 Å². The van der Waals surface area contributed by atoms with Gasteiger partial charge in [0.15, 0.2) is 0 Å². The Hall–Kier alpha value is -0.833. The summed E-state index contributed by atoms with van der Waals surface area (Å²) in [5.74, 6) is -0.935. The molecule has 0 spiro atoms. The molecular weight excluding hydrogens is 168 g/mol. The molecule has 0 heterocycles. The van der Waals surface area contributed by atoms with Crippen molar-refractivity contribution in [1.29, 1.82) is 0 Å². The Morgan fingerprint density at radius 2 is 1.58 bits per heavy atom. The lowest BCUT2D eigenvalue weighted by atomic mass is 10.4. The van der Waals surface area contributed by atoms with Crippen LogP contribution in [0.1, 0.15) is 6.92 Å². The zero-order valence-electron chi connectivity index (χ0n) is 8.35. The van der Waals surface area contributed by atoms with Crippen molar-refractivity contribution in [3.8, 4) is 0 Å². The lowest BCUT2D eigenvalue weighted by Crippen LogP contribution is -2.14. The van der Waals surface area contributed by atoms with Crippen molar-refractivity contribution in [3.63, 3.8) is 0 Å². The highest BCUT2D eigenvalue weighted by atomic mass is 28.3. The summed E-state index contributed by atoms with van der Waals surface area (Å²) in [6.07, 6.45) is 0. The number of carbonyl (C=O) groups is 1. The number of hydrogen-bond acceptors (Lipinski definition) is 1. The zero-order chi connectivity index (χ0) is 10.4. The van der Waals surface area contributed by atoms with Gasteiger partial charge in [-0.15, -0.1) is 12.3 Å². The molecule has 0 aromatic carbocycles. The molecular formula is C9H18O2Si. The van der Waals surface area contributed by atoms with E-state index in [2.05, 4.69) is 38.5 Å². The minimum atomic E-state index is -0.935. The summed E-state index contributed by atoms with van der Waals surface area (Å²) < 4.78 is 0. The Morgan fingerprint density at radius 1 is 1.42 bits per heavy atom. The van der Waals surface area contributed by atoms with E-state index < -0.39 is 14.0 Å². The monoisotopic (exact) mass is 186 g/mol. The predicted molar refractivity (Wildman–Crippen MR) is 56.0 cm³/mol. The molecule has 0 saturated heterocycles. The fraction of sp³-hybridized carbons (Fsp3) is 0.444. The molecule has 0 atom stereocenters. The van der Waals surface area contributed by atoms with Crippen molar-refractivity contribution in [2.24, 2.45) is 0 Å². The summed E-state index contributed by atoms with van der Waals surface area (Å²) in [5, 5.41) is 7.89. The van der Waals surface area contributed by atoms with Gasteiger partial charge in [0.2, 0.25) is 0 Å². The minimum Gasteiger partial charge on any atom is -0.478 e. The van der Waals surface area contributed by atoms with Crippen LogP contribution in [0, 0.1) is 0 Å². The third-order valence-corrected chi connectivity index (χ3v) is 2.20. The predicted octanol–water partition coefficient (Wildman–Crippen LogP) is 2.70. The summed E-state index contributed by atoms with van der Waals surface area (Å²) in [7, 11) is -0.867. The van der Waals surface area contributed by atoms with E-state index in [0.717, 1.165) is 0 Å². The van der Waals surface area contributed by atoms with Crippen LogP contribution in [0.4, 0.5) is 0 Å². The molecule has 0 unspecified atom stereocenters. The second kappa shape index (κ2) is 5.77. The summed E-state index contributed by atoms with van der Waals surface area (Å²) >= 11 is 0. The molecule has 0 aromatic heterocycles. The molecule has 0 bridgehead atoms. The Labute approximate surface area is 75.6 Å². The molecule has 0 amide bonds. The number of aliphatic carboxylic acids is 1. The van der Waals surface area contributed by atoms with Gasteiger partial charge in [-0.3, -0.25) is 0 Å². The molecule has 1 N–H and O–H groups in total. The van der Waals surface area contributed by atoms with Crippen LogP contribution in [0.2, 0.25) is 19.6 Å². The Balaban J connectivity index is 0. The van der Waals surface area contributed by atoms with Crippen molar-refractivity contribution in [1.82, 2.24) is 0 Å². The number of hydrogen-bond donors (Lipinski definition) is 1. The SMILES string of the molecule is C=C(C)C(=O)O.C=C[Si](C)(C)C. The third-order valence-electron chi connectivity index (χ3n) is 0.977. The summed E-state index contributed by atoms with van der Waals surface area (Å²) in [6, 6.07) is 0. The van der Waals surface area contributed by atoms with Crippen molar-refractivity contribution in [2.75, 3.05) is 0 Å². The number of carboxylic acid groups (broad SMARTS) is 1. The van der Waals surface area contributed by atoms with Gasteiger partial charge < -0.3 is 5.11 Å². The van der Waals surface area contributed by atoms with Crippen LogP contribution in [-0.4, -0.2) is 19.1 Å². The molecule has 0 radical (unpaired) electrons. The molecule has 0 rings (SSSR count). The topological polar surface area (TPSA) is 37.3 Å². The average molecular weight is 186 g/mol. The lowest BCUT2D eigenvalue weighted by molar-refractivity contribution is -0.132. The molecule has 0 aliphatic carbocycles. The minimum absolute atomic E-state index is 0.176. The first-order valence-electron chi connectivity index (χ1n) is 3.73. The fourth-order valence-electron chi connectivity index (χ4n) is 0. The quantitative estimate of drug-likeness (QED) is 0.532. The molecule has 12 heavy (non-hydrogen) atoms. The van der Waals surface area contributed by atoms with Gasteiger partial charge in [0, 0.05) is 5.57 Å². The summed E-state index contributed by atoms with van der Waals surface area (Å²) in [4.78, 5) is 9.60. The maximum Gasteiger partial charge on any atom is 0.330 e. The van der Waals surface area contributed by atoms with Gasteiger partial charge in [-0.05, 0) is 6.92 Å².